The lowest BCUT2D eigenvalue weighted by molar-refractivity contribution is -0.130. The van der Waals surface area contributed by atoms with E-state index in [0.29, 0.717) is 30.3 Å². The van der Waals surface area contributed by atoms with E-state index in [2.05, 4.69) is 30.8 Å². The first-order chi connectivity index (χ1) is 16.7. The molecule has 0 saturated carbocycles. The Morgan fingerprint density at radius 2 is 1.97 bits per heavy atom. The zero-order valence-corrected chi connectivity index (χ0v) is 21.6. The maximum Gasteiger partial charge on any atom is 0.284 e. The predicted octanol–water partition coefficient (Wildman–Crippen LogP) is 1.11. The van der Waals surface area contributed by atoms with Crippen LogP contribution in [0.15, 0.2) is 18.3 Å². The number of carbonyl (C=O) groups is 3. The summed E-state index contributed by atoms with van der Waals surface area (Å²) in [7, 11) is 2.05. The Morgan fingerprint density at radius 1 is 1.17 bits per heavy atom. The molecule has 0 spiro atoms. The summed E-state index contributed by atoms with van der Waals surface area (Å²) in [6.07, 6.45) is 3.00. The molecule has 4 rings (SSSR count). The summed E-state index contributed by atoms with van der Waals surface area (Å²) in [4.78, 5) is 51.4. The van der Waals surface area contributed by atoms with Crippen molar-refractivity contribution >= 4 is 52.1 Å². The summed E-state index contributed by atoms with van der Waals surface area (Å²) in [6, 6.07) is 2.79. The molecule has 2 atom stereocenters. The van der Waals surface area contributed by atoms with Gasteiger partial charge in [-0.15, -0.1) is 11.3 Å². The number of rotatable bonds is 4. The van der Waals surface area contributed by atoms with Gasteiger partial charge >= 0.3 is 0 Å². The lowest BCUT2D eigenvalue weighted by atomic mass is 9.98. The number of likely N-dealkylation sites (N-methyl/N-ethyl adjacent to an activating group) is 1. The van der Waals surface area contributed by atoms with E-state index < -0.39 is 11.9 Å². The van der Waals surface area contributed by atoms with Gasteiger partial charge in [0.2, 0.25) is 5.91 Å². The molecule has 0 radical (unpaired) electrons. The van der Waals surface area contributed by atoms with Gasteiger partial charge in [0.15, 0.2) is 10.00 Å². The molecule has 4 heterocycles. The second-order valence-corrected chi connectivity index (χ2v) is 10.5. The fourth-order valence-corrected chi connectivity index (χ4v) is 5.45. The molecule has 0 aromatic carbocycles. The van der Waals surface area contributed by atoms with Gasteiger partial charge in [-0.2, -0.15) is 0 Å². The molecule has 186 valence electrons. The molecule has 0 aliphatic carbocycles. The van der Waals surface area contributed by atoms with Crippen LogP contribution in [0.25, 0.3) is 0 Å². The highest BCUT2D eigenvalue weighted by Crippen LogP contribution is 2.25. The number of pyridine rings is 1. The third-order valence-electron chi connectivity index (χ3n) is 6.17. The molecule has 2 aromatic heterocycles. The minimum atomic E-state index is -0.479. The number of nitrogens with zero attached hydrogens (tertiary/aromatic N) is 4. The van der Waals surface area contributed by atoms with Crippen molar-refractivity contribution in [2.24, 2.45) is 0 Å². The van der Waals surface area contributed by atoms with Crippen molar-refractivity contribution in [2.75, 3.05) is 32.0 Å². The summed E-state index contributed by atoms with van der Waals surface area (Å²) in [5.41, 5.74) is 1.96. The second kappa shape index (κ2) is 10.8. The summed E-state index contributed by atoms with van der Waals surface area (Å²) in [5.74, 6) is -0.429. The second-order valence-electron chi connectivity index (χ2n) is 8.97. The number of likely N-dealkylation sites (tertiary alicyclic amines) is 1. The topological polar surface area (TPSA) is 120 Å². The number of hydrogen-bond acceptors (Lipinski definition) is 8. The van der Waals surface area contributed by atoms with Gasteiger partial charge in [-0.1, -0.05) is 18.3 Å². The van der Waals surface area contributed by atoms with Gasteiger partial charge in [0, 0.05) is 50.6 Å². The maximum absolute atomic E-state index is 13.1. The standard InChI is InChI=1S/C23H29N7O3S2/c1-13-4-5-19(24-10-13)28-20(32)22(34)26-15-7-9-30(14(2)31)11-17(15)25-21(33)23-27-16-6-8-29(3)12-18(16)35-23/h4-5,10,15,17H,6-9,11-12H2,1-3H3,(H,25,33)(H,26,34)(H,24,28,32)/t15-,17+/m0/s1. The lowest BCUT2D eigenvalue weighted by Crippen LogP contribution is -2.61. The van der Waals surface area contributed by atoms with Crippen molar-refractivity contribution in [2.45, 2.75) is 45.3 Å². The Labute approximate surface area is 213 Å². The number of nitrogens with one attached hydrogen (secondary N) is 3. The zero-order valence-electron chi connectivity index (χ0n) is 20.0. The van der Waals surface area contributed by atoms with Gasteiger partial charge in [-0.25, -0.2) is 9.97 Å². The summed E-state index contributed by atoms with van der Waals surface area (Å²) in [6.45, 7) is 5.93. The minimum Gasteiger partial charge on any atom is -0.367 e. The Hall–Kier alpha value is -2.96. The van der Waals surface area contributed by atoms with Gasteiger partial charge in [-0.05, 0) is 32.0 Å². The van der Waals surface area contributed by atoms with Gasteiger partial charge < -0.3 is 25.8 Å². The van der Waals surface area contributed by atoms with Crippen LogP contribution in [-0.2, 0) is 22.6 Å². The molecule has 0 unspecified atom stereocenters. The smallest absolute Gasteiger partial charge is 0.284 e. The van der Waals surface area contributed by atoms with Crippen LogP contribution in [0.1, 0.15) is 39.3 Å². The number of aromatic nitrogens is 2. The SMILES string of the molecule is CC(=O)N1CC[C@H](NC(=S)C(=O)Nc2ccc(C)cn2)[C@H](NC(=O)c2nc3c(s2)CN(C)CC3)C1. The van der Waals surface area contributed by atoms with Crippen molar-refractivity contribution in [3.8, 4) is 0 Å². The quantitative estimate of drug-likeness (QED) is 0.518. The van der Waals surface area contributed by atoms with E-state index in [1.54, 1.807) is 17.2 Å². The van der Waals surface area contributed by atoms with Crippen LogP contribution in [0.2, 0.25) is 0 Å². The highest BCUT2D eigenvalue weighted by Gasteiger charge is 2.34. The molecule has 2 aromatic rings. The van der Waals surface area contributed by atoms with Crippen molar-refractivity contribution in [3.05, 3.63) is 39.5 Å². The van der Waals surface area contributed by atoms with Crippen LogP contribution >= 0.6 is 23.6 Å². The Balaban J connectivity index is 1.43. The van der Waals surface area contributed by atoms with Gasteiger partial charge in [-0.3, -0.25) is 14.4 Å². The van der Waals surface area contributed by atoms with E-state index in [1.807, 2.05) is 20.0 Å². The highest BCUT2D eigenvalue weighted by molar-refractivity contribution is 7.82. The van der Waals surface area contributed by atoms with E-state index in [-0.39, 0.29) is 22.8 Å². The largest absolute Gasteiger partial charge is 0.367 e. The number of piperidine rings is 1. The number of fused-ring (bicyclic) bond motifs is 1. The number of thiazole rings is 1. The molecule has 2 aliphatic rings. The van der Waals surface area contributed by atoms with Crippen LogP contribution in [0.4, 0.5) is 5.82 Å². The number of hydrogen-bond donors (Lipinski definition) is 3. The number of amides is 3. The first-order valence-corrected chi connectivity index (χ1v) is 12.7. The maximum atomic E-state index is 13.1. The minimum absolute atomic E-state index is 0.000601. The number of thiocarbonyl (C=S) groups is 1. The average Bonchev–Trinajstić information content (AvgIpc) is 3.25. The van der Waals surface area contributed by atoms with Crippen molar-refractivity contribution in [1.29, 1.82) is 0 Å². The van der Waals surface area contributed by atoms with Crippen molar-refractivity contribution in [3.63, 3.8) is 0 Å². The molecule has 3 amide bonds. The van der Waals surface area contributed by atoms with E-state index in [0.717, 1.165) is 35.6 Å². The number of carbonyl (C=O) groups excluding carboxylic acids is 3. The molecular formula is C23H29N7O3S2. The fraction of sp³-hybridized carbons (Fsp3) is 0.478. The highest BCUT2D eigenvalue weighted by atomic mass is 32.1. The molecule has 3 N–H and O–H groups in total. The van der Waals surface area contributed by atoms with E-state index in [9.17, 15) is 14.4 Å². The normalized spacial score (nSPS) is 20.0. The first-order valence-electron chi connectivity index (χ1n) is 11.5. The molecule has 1 fully saturated rings. The fourth-order valence-electron chi connectivity index (χ4n) is 4.16. The van der Waals surface area contributed by atoms with Gasteiger partial charge in [0.05, 0.1) is 17.8 Å². The molecule has 2 aliphatic heterocycles. The molecule has 0 bridgehead atoms. The summed E-state index contributed by atoms with van der Waals surface area (Å²) < 4.78 is 0. The molecule has 35 heavy (non-hydrogen) atoms. The third kappa shape index (κ3) is 6.19. The van der Waals surface area contributed by atoms with E-state index in [1.165, 1.54) is 18.3 Å². The van der Waals surface area contributed by atoms with Gasteiger partial charge in [0.25, 0.3) is 11.8 Å². The Kier molecular flexibility index (Phi) is 7.72. The predicted molar refractivity (Wildman–Crippen MR) is 137 cm³/mol. The van der Waals surface area contributed by atoms with E-state index in [4.69, 9.17) is 12.2 Å². The average molecular weight is 516 g/mol. The van der Waals surface area contributed by atoms with Crippen LogP contribution in [0.5, 0.6) is 0 Å². The Bertz CT molecular complexity index is 1130. The van der Waals surface area contributed by atoms with Crippen LogP contribution in [-0.4, -0.2) is 81.2 Å². The van der Waals surface area contributed by atoms with Crippen molar-refractivity contribution in [1.82, 2.24) is 30.4 Å². The first kappa shape index (κ1) is 25.1. The molecule has 1 saturated heterocycles. The number of aryl methyl sites for hydroxylation is 1. The van der Waals surface area contributed by atoms with Crippen molar-refractivity contribution < 1.29 is 14.4 Å². The monoisotopic (exact) mass is 515 g/mol. The molecule has 12 heteroatoms. The van der Waals surface area contributed by atoms with E-state index >= 15 is 0 Å². The zero-order chi connectivity index (χ0) is 25.1. The summed E-state index contributed by atoms with van der Waals surface area (Å²) in [5, 5.41) is 9.20. The Morgan fingerprint density at radius 3 is 2.69 bits per heavy atom. The van der Waals surface area contributed by atoms with Crippen LogP contribution in [0.3, 0.4) is 0 Å². The summed E-state index contributed by atoms with van der Waals surface area (Å²) >= 11 is 6.74. The third-order valence-corrected chi connectivity index (χ3v) is 7.55. The van der Waals surface area contributed by atoms with Crippen LogP contribution < -0.4 is 16.0 Å². The number of anilines is 1. The van der Waals surface area contributed by atoms with Gasteiger partial charge in [0.1, 0.15) is 5.82 Å². The lowest BCUT2D eigenvalue weighted by Gasteiger charge is -2.39. The molecule has 10 nitrogen and oxygen atoms in total. The van der Waals surface area contributed by atoms with Crippen LogP contribution in [0, 0.1) is 6.92 Å². The molecular weight excluding hydrogens is 486 g/mol.